The Bertz CT molecular complexity index is 1410. The average molecular weight is 457 g/mol. The summed E-state index contributed by atoms with van der Waals surface area (Å²) >= 11 is 0. The monoisotopic (exact) mass is 457 g/mol. The van der Waals surface area contributed by atoms with Crippen LogP contribution in [-0.2, 0) is 17.9 Å². The highest BCUT2D eigenvalue weighted by Gasteiger charge is 2.11. The van der Waals surface area contributed by atoms with Gasteiger partial charge in [-0.2, -0.15) is 10.2 Å². The van der Waals surface area contributed by atoms with Crippen LogP contribution >= 0.6 is 0 Å². The molecule has 9 nitrogen and oxygen atoms in total. The molecule has 0 fully saturated rings. The summed E-state index contributed by atoms with van der Waals surface area (Å²) in [5.74, 6) is 0.208. The van der Waals surface area contributed by atoms with E-state index in [-0.39, 0.29) is 25.2 Å². The fourth-order valence-corrected chi connectivity index (χ4v) is 3.43. The Balaban J connectivity index is 1.41. The second kappa shape index (κ2) is 10.4. The first kappa shape index (κ1) is 22.7. The maximum absolute atomic E-state index is 12.5. The number of amides is 1. The standard InChI is InChI=1S/C25H23N5O4/c1-34-22-10-6-5-9-19(22)21-12-14-25(33)30(28-21)17-23(31)26-15-16-29-24(32)13-11-20(27-29)18-7-3-2-4-8-18/h2-14H,15-17H2,1H3,(H,26,31). The summed E-state index contributed by atoms with van der Waals surface area (Å²) in [6.07, 6.45) is 0. The number of hydrogen-bond donors (Lipinski definition) is 1. The molecule has 0 bridgehead atoms. The topological polar surface area (TPSA) is 108 Å². The van der Waals surface area contributed by atoms with Crippen molar-refractivity contribution in [2.24, 2.45) is 0 Å². The van der Waals surface area contributed by atoms with Crippen molar-refractivity contribution in [3.05, 3.63) is 99.6 Å². The van der Waals surface area contributed by atoms with Gasteiger partial charge in [0, 0.05) is 29.8 Å². The molecule has 0 spiro atoms. The molecule has 1 N–H and O–H groups in total. The van der Waals surface area contributed by atoms with Gasteiger partial charge in [-0.1, -0.05) is 42.5 Å². The van der Waals surface area contributed by atoms with Gasteiger partial charge in [0.25, 0.3) is 11.1 Å². The van der Waals surface area contributed by atoms with Crippen molar-refractivity contribution in [2.45, 2.75) is 13.1 Å². The quantitative estimate of drug-likeness (QED) is 0.433. The molecule has 2 aromatic heterocycles. The van der Waals surface area contributed by atoms with Crippen LogP contribution in [0.1, 0.15) is 0 Å². The van der Waals surface area contributed by atoms with Gasteiger partial charge in [-0.25, -0.2) is 9.36 Å². The molecule has 0 aliphatic carbocycles. The minimum atomic E-state index is -0.404. The summed E-state index contributed by atoms with van der Waals surface area (Å²) in [6.45, 7) is 0.105. The lowest BCUT2D eigenvalue weighted by Crippen LogP contribution is -2.36. The van der Waals surface area contributed by atoms with Crippen molar-refractivity contribution < 1.29 is 9.53 Å². The van der Waals surface area contributed by atoms with Crippen LogP contribution in [-0.4, -0.2) is 39.1 Å². The van der Waals surface area contributed by atoms with Gasteiger partial charge in [-0.05, 0) is 24.3 Å². The number of aromatic nitrogens is 4. The largest absolute Gasteiger partial charge is 0.496 e. The smallest absolute Gasteiger partial charge is 0.267 e. The summed E-state index contributed by atoms with van der Waals surface area (Å²) in [5.41, 5.74) is 2.11. The molecule has 0 saturated carbocycles. The zero-order valence-corrected chi connectivity index (χ0v) is 18.5. The second-order valence-electron chi connectivity index (χ2n) is 7.41. The Morgan fingerprint density at radius 1 is 0.824 bits per heavy atom. The van der Waals surface area contributed by atoms with E-state index in [0.29, 0.717) is 22.7 Å². The first-order valence-corrected chi connectivity index (χ1v) is 10.7. The van der Waals surface area contributed by atoms with Gasteiger partial charge in [0.15, 0.2) is 0 Å². The highest BCUT2D eigenvalue weighted by atomic mass is 16.5. The number of rotatable bonds is 8. The summed E-state index contributed by atoms with van der Waals surface area (Å²) in [4.78, 5) is 36.9. The Labute approximate surface area is 195 Å². The van der Waals surface area contributed by atoms with Crippen LogP contribution in [0, 0.1) is 0 Å². The van der Waals surface area contributed by atoms with Gasteiger partial charge >= 0.3 is 0 Å². The number of nitrogens with zero attached hydrogens (tertiary/aromatic N) is 4. The van der Waals surface area contributed by atoms with E-state index in [1.807, 2.05) is 48.5 Å². The zero-order valence-electron chi connectivity index (χ0n) is 18.5. The Morgan fingerprint density at radius 2 is 1.47 bits per heavy atom. The highest BCUT2D eigenvalue weighted by Crippen LogP contribution is 2.27. The van der Waals surface area contributed by atoms with Gasteiger partial charge in [-0.15, -0.1) is 0 Å². The van der Waals surface area contributed by atoms with E-state index in [0.717, 1.165) is 10.2 Å². The van der Waals surface area contributed by atoms with Crippen LogP contribution in [0.5, 0.6) is 5.75 Å². The van der Waals surface area contributed by atoms with Gasteiger partial charge in [-0.3, -0.25) is 14.4 Å². The van der Waals surface area contributed by atoms with Crippen molar-refractivity contribution in [3.63, 3.8) is 0 Å². The van der Waals surface area contributed by atoms with Crippen LogP contribution < -0.4 is 21.2 Å². The fraction of sp³-hybridized carbons (Fsp3) is 0.160. The van der Waals surface area contributed by atoms with Crippen LogP contribution in [0.2, 0.25) is 0 Å². The van der Waals surface area contributed by atoms with Crippen molar-refractivity contribution in [2.75, 3.05) is 13.7 Å². The van der Waals surface area contributed by atoms with Gasteiger partial charge in [0.05, 0.1) is 25.0 Å². The molecule has 0 unspecified atom stereocenters. The third-order valence-electron chi connectivity index (χ3n) is 5.12. The van der Waals surface area contributed by atoms with E-state index in [2.05, 4.69) is 15.5 Å². The van der Waals surface area contributed by atoms with Crippen molar-refractivity contribution in [1.82, 2.24) is 24.9 Å². The molecule has 2 aromatic carbocycles. The number of carbonyl (C=O) groups excluding carboxylic acids is 1. The Morgan fingerprint density at radius 3 is 2.24 bits per heavy atom. The molecular formula is C25H23N5O4. The second-order valence-corrected chi connectivity index (χ2v) is 7.41. The molecule has 0 aliphatic heterocycles. The summed E-state index contributed by atoms with van der Waals surface area (Å²) in [6, 6.07) is 22.9. The summed E-state index contributed by atoms with van der Waals surface area (Å²) < 4.78 is 7.75. The van der Waals surface area contributed by atoms with Crippen LogP contribution in [0.3, 0.4) is 0 Å². The Kier molecular flexibility index (Phi) is 6.92. The van der Waals surface area contributed by atoms with Crippen molar-refractivity contribution >= 4 is 5.91 Å². The molecule has 0 atom stereocenters. The number of benzene rings is 2. The van der Waals surface area contributed by atoms with Crippen LogP contribution in [0.4, 0.5) is 0 Å². The molecule has 0 radical (unpaired) electrons. The van der Waals surface area contributed by atoms with Gasteiger partial charge < -0.3 is 10.1 Å². The maximum Gasteiger partial charge on any atom is 0.267 e. The minimum absolute atomic E-state index is 0.172. The highest BCUT2D eigenvalue weighted by molar-refractivity contribution is 5.75. The number of ether oxygens (including phenoxy) is 1. The lowest BCUT2D eigenvalue weighted by molar-refractivity contribution is -0.121. The first-order valence-electron chi connectivity index (χ1n) is 10.7. The number of nitrogens with one attached hydrogen (secondary N) is 1. The predicted molar refractivity (Wildman–Crippen MR) is 127 cm³/mol. The van der Waals surface area contributed by atoms with E-state index in [9.17, 15) is 14.4 Å². The lowest BCUT2D eigenvalue weighted by atomic mass is 10.1. The van der Waals surface area contributed by atoms with Crippen molar-refractivity contribution in [1.29, 1.82) is 0 Å². The fourth-order valence-electron chi connectivity index (χ4n) is 3.43. The molecule has 4 rings (SSSR count). The number of para-hydroxylation sites is 1. The van der Waals surface area contributed by atoms with Crippen LogP contribution in [0.25, 0.3) is 22.5 Å². The minimum Gasteiger partial charge on any atom is -0.496 e. The normalized spacial score (nSPS) is 10.6. The SMILES string of the molecule is COc1ccccc1-c1ccc(=O)n(CC(=O)NCCn2nc(-c3ccccc3)ccc2=O)n1. The zero-order chi connectivity index (χ0) is 23.9. The van der Waals surface area contributed by atoms with Crippen LogP contribution in [0.15, 0.2) is 88.5 Å². The molecule has 4 aromatic rings. The van der Waals surface area contributed by atoms with E-state index >= 15 is 0 Å². The molecular weight excluding hydrogens is 434 g/mol. The lowest BCUT2D eigenvalue weighted by Gasteiger charge is -2.11. The molecule has 2 heterocycles. The van der Waals surface area contributed by atoms with E-state index in [1.54, 1.807) is 25.3 Å². The maximum atomic E-state index is 12.5. The molecule has 9 heteroatoms. The van der Waals surface area contributed by atoms with E-state index < -0.39 is 11.5 Å². The summed E-state index contributed by atoms with van der Waals surface area (Å²) in [7, 11) is 1.55. The van der Waals surface area contributed by atoms with E-state index in [1.165, 1.54) is 16.8 Å². The molecule has 0 saturated heterocycles. The third kappa shape index (κ3) is 5.26. The molecule has 0 aliphatic rings. The summed E-state index contributed by atoms with van der Waals surface area (Å²) in [5, 5.41) is 11.4. The first-order chi connectivity index (χ1) is 16.5. The third-order valence-corrected chi connectivity index (χ3v) is 5.12. The van der Waals surface area contributed by atoms with Crippen molar-refractivity contribution in [3.8, 4) is 28.3 Å². The average Bonchev–Trinajstić information content (AvgIpc) is 2.87. The molecule has 1 amide bonds. The molecule has 34 heavy (non-hydrogen) atoms. The number of hydrogen-bond acceptors (Lipinski definition) is 6. The van der Waals surface area contributed by atoms with E-state index in [4.69, 9.17) is 4.74 Å². The molecule has 172 valence electrons. The van der Waals surface area contributed by atoms with Gasteiger partial charge in [0.1, 0.15) is 12.3 Å². The number of methoxy groups -OCH3 is 1. The number of carbonyl (C=O) groups is 1. The van der Waals surface area contributed by atoms with Gasteiger partial charge in [0.2, 0.25) is 5.91 Å². The predicted octanol–water partition coefficient (Wildman–Crippen LogP) is 1.96. The Hall–Kier alpha value is -4.53.